The van der Waals surface area contributed by atoms with Crippen LogP contribution >= 0.6 is 11.6 Å². The van der Waals surface area contributed by atoms with Crippen molar-refractivity contribution in [2.24, 2.45) is 0 Å². The number of halogens is 2. The minimum absolute atomic E-state index is 0.00624. The third-order valence-corrected chi connectivity index (χ3v) is 3.06. The van der Waals surface area contributed by atoms with Crippen LogP contribution in [0.3, 0.4) is 0 Å². The van der Waals surface area contributed by atoms with Crippen LogP contribution in [0.1, 0.15) is 6.42 Å². The Hall–Kier alpha value is -1.33. The summed E-state index contributed by atoms with van der Waals surface area (Å²) in [4.78, 5) is 10.8. The van der Waals surface area contributed by atoms with Gasteiger partial charge in [0.2, 0.25) is 0 Å². The summed E-state index contributed by atoms with van der Waals surface area (Å²) in [5.74, 6) is -1.29. The van der Waals surface area contributed by atoms with Crippen molar-refractivity contribution in [3.63, 3.8) is 0 Å². The first-order chi connectivity index (χ1) is 8.01. The number of carbonyl (C=O) groups is 1. The van der Waals surface area contributed by atoms with Gasteiger partial charge in [-0.25, -0.2) is 4.39 Å². The second-order valence-electron chi connectivity index (χ2n) is 4.20. The van der Waals surface area contributed by atoms with Gasteiger partial charge in [-0.1, -0.05) is 11.6 Å². The molecule has 1 heterocycles. The van der Waals surface area contributed by atoms with E-state index in [0.29, 0.717) is 18.8 Å². The molecule has 0 aromatic heterocycles. The molecule has 1 fully saturated rings. The zero-order valence-corrected chi connectivity index (χ0v) is 9.72. The molecule has 0 bridgehead atoms. The van der Waals surface area contributed by atoms with Crippen LogP contribution in [0, 0.1) is 5.82 Å². The van der Waals surface area contributed by atoms with E-state index in [1.54, 1.807) is 0 Å². The minimum atomic E-state index is -0.878. The first-order valence-corrected chi connectivity index (χ1v) is 5.54. The number of anilines is 1. The average molecular weight is 259 g/mol. The summed E-state index contributed by atoms with van der Waals surface area (Å²) in [5, 5.41) is 15.2. The highest BCUT2D eigenvalue weighted by Crippen LogP contribution is 2.29. The fourth-order valence-corrected chi connectivity index (χ4v) is 2.06. The molecule has 6 heteroatoms. The standard InChI is InChI=1S/C11H12ClFN2O2/c12-8-3-7(13)1-2-9(8)15-11(4-10(16)17)5-14-6-11/h1-3,14-15H,4-6H2,(H,16,17). The highest BCUT2D eigenvalue weighted by Gasteiger charge is 2.39. The van der Waals surface area contributed by atoms with E-state index in [1.165, 1.54) is 18.2 Å². The van der Waals surface area contributed by atoms with E-state index in [-0.39, 0.29) is 11.4 Å². The number of carboxylic acids is 1. The smallest absolute Gasteiger partial charge is 0.305 e. The van der Waals surface area contributed by atoms with E-state index in [4.69, 9.17) is 16.7 Å². The van der Waals surface area contributed by atoms with Crippen LogP contribution in [-0.2, 0) is 4.79 Å². The molecule has 1 aliphatic rings. The Labute approximate surface area is 103 Å². The summed E-state index contributed by atoms with van der Waals surface area (Å²) < 4.78 is 12.9. The third-order valence-electron chi connectivity index (χ3n) is 2.75. The van der Waals surface area contributed by atoms with Crippen LogP contribution in [0.4, 0.5) is 10.1 Å². The average Bonchev–Trinajstić information content (AvgIpc) is 2.18. The van der Waals surface area contributed by atoms with Crippen molar-refractivity contribution in [1.82, 2.24) is 5.32 Å². The highest BCUT2D eigenvalue weighted by atomic mass is 35.5. The van der Waals surface area contributed by atoms with E-state index >= 15 is 0 Å². The monoisotopic (exact) mass is 258 g/mol. The van der Waals surface area contributed by atoms with Crippen molar-refractivity contribution >= 4 is 23.3 Å². The quantitative estimate of drug-likeness (QED) is 0.769. The molecular formula is C11H12ClFN2O2. The molecule has 0 radical (unpaired) electrons. The molecule has 1 saturated heterocycles. The van der Waals surface area contributed by atoms with Crippen LogP contribution < -0.4 is 10.6 Å². The number of nitrogens with one attached hydrogen (secondary N) is 2. The topological polar surface area (TPSA) is 61.4 Å². The first-order valence-electron chi connectivity index (χ1n) is 5.17. The normalized spacial score (nSPS) is 17.3. The first kappa shape index (κ1) is 12.1. The molecule has 2 rings (SSSR count). The number of benzene rings is 1. The van der Waals surface area contributed by atoms with Crippen molar-refractivity contribution < 1.29 is 14.3 Å². The molecule has 0 saturated carbocycles. The highest BCUT2D eigenvalue weighted by molar-refractivity contribution is 6.33. The van der Waals surface area contributed by atoms with E-state index in [9.17, 15) is 9.18 Å². The molecule has 1 aromatic carbocycles. The van der Waals surface area contributed by atoms with Gasteiger partial charge < -0.3 is 15.7 Å². The maximum absolute atomic E-state index is 12.9. The number of carboxylic acid groups (broad SMARTS) is 1. The molecule has 0 aliphatic carbocycles. The lowest BCUT2D eigenvalue weighted by Crippen LogP contribution is -2.65. The van der Waals surface area contributed by atoms with Gasteiger partial charge in [0.15, 0.2) is 0 Å². The lowest BCUT2D eigenvalue weighted by Gasteiger charge is -2.43. The van der Waals surface area contributed by atoms with Gasteiger partial charge in [-0.05, 0) is 18.2 Å². The minimum Gasteiger partial charge on any atom is -0.481 e. The van der Waals surface area contributed by atoms with Crippen LogP contribution in [0.25, 0.3) is 0 Å². The van der Waals surface area contributed by atoms with Crippen molar-refractivity contribution in [3.8, 4) is 0 Å². The van der Waals surface area contributed by atoms with E-state index in [1.807, 2.05) is 0 Å². The Bertz CT molecular complexity index is 449. The van der Waals surface area contributed by atoms with E-state index in [2.05, 4.69) is 10.6 Å². The summed E-state index contributed by atoms with van der Waals surface area (Å²) >= 11 is 5.88. The van der Waals surface area contributed by atoms with Crippen molar-refractivity contribution in [2.45, 2.75) is 12.0 Å². The van der Waals surface area contributed by atoms with Gasteiger partial charge in [-0.15, -0.1) is 0 Å². The molecule has 1 aromatic rings. The molecule has 1 aliphatic heterocycles. The summed E-state index contributed by atoms with van der Waals surface area (Å²) in [5.41, 5.74) is 0.0173. The second kappa shape index (κ2) is 4.50. The van der Waals surface area contributed by atoms with Crippen LogP contribution in [0.15, 0.2) is 18.2 Å². The Kier molecular flexibility index (Phi) is 3.22. The Morgan fingerprint density at radius 3 is 2.76 bits per heavy atom. The molecule has 0 amide bonds. The van der Waals surface area contributed by atoms with Crippen LogP contribution in [-0.4, -0.2) is 29.7 Å². The molecule has 4 nitrogen and oxygen atoms in total. The maximum Gasteiger partial charge on any atom is 0.305 e. The largest absolute Gasteiger partial charge is 0.481 e. The van der Waals surface area contributed by atoms with Gasteiger partial charge >= 0.3 is 5.97 Å². The molecule has 0 unspecified atom stereocenters. The van der Waals surface area contributed by atoms with Crippen LogP contribution in [0.5, 0.6) is 0 Å². The molecular weight excluding hydrogens is 247 g/mol. The third kappa shape index (κ3) is 2.68. The molecule has 3 N–H and O–H groups in total. The van der Waals surface area contributed by atoms with Crippen molar-refractivity contribution in [3.05, 3.63) is 29.0 Å². The van der Waals surface area contributed by atoms with Gasteiger partial charge in [0.25, 0.3) is 0 Å². The number of rotatable bonds is 4. The SMILES string of the molecule is O=C(O)CC1(Nc2ccc(F)cc2Cl)CNC1. The Morgan fingerprint density at radius 1 is 1.59 bits per heavy atom. The second-order valence-corrected chi connectivity index (χ2v) is 4.61. The summed E-state index contributed by atoms with van der Waals surface area (Å²) in [6.07, 6.45) is -0.00624. The zero-order chi connectivity index (χ0) is 12.5. The van der Waals surface area contributed by atoms with E-state index in [0.717, 1.165) is 0 Å². The zero-order valence-electron chi connectivity index (χ0n) is 8.96. The maximum atomic E-state index is 12.9. The lowest BCUT2D eigenvalue weighted by molar-refractivity contribution is -0.138. The fourth-order valence-electron chi connectivity index (χ4n) is 1.85. The predicted octanol–water partition coefficient (Wildman–Crippen LogP) is 1.71. The van der Waals surface area contributed by atoms with Gasteiger partial charge in [0, 0.05) is 13.1 Å². The lowest BCUT2D eigenvalue weighted by atomic mass is 9.88. The predicted molar refractivity (Wildman–Crippen MR) is 62.9 cm³/mol. The van der Waals surface area contributed by atoms with Crippen molar-refractivity contribution in [2.75, 3.05) is 18.4 Å². The van der Waals surface area contributed by atoms with Crippen molar-refractivity contribution in [1.29, 1.82) is 0 Å². The molecule has 17 heavy (non-hydrogen) atoms. The van der Waals surface area contributed by atoms with Crippen LogP contribution in [0.2, 0.25) is 5.02 Å². The summed E-state index contributed by atoms with van der Waals surface area (Å²) in [7, 11) is 0. The number of hydrogen-bond donors (Lipinski definition) is 3. The van der Waals surface area contributed by atoms with Gasteiger partial charge in [0.1, 0.15) is 5.82 Å². The molecule has 0 atom stereocenters. The van der Waals surface area contributed by atoms with E-state index < -0.39 is 17.3 Å². The summed E-state index contributed by atoms with van der Waals surface area (Å²) in [6, 6.07) is 4.00. The van der Waals surface area contributed by atoms with Gasteiger partial charge in [-0.3, -0.25) is 4.79 Å². The Morgan fingerprint density at radius 2 is 2.29 bits per heavy atom. The molecule has 92 valence electrons. The molecule has 0 spiro atoms. The number of aliphatic carboxylic acids is 1. The van der Waals surface area contributed by atoms with Gasteiger partial charge in [0.05, 0.1) is 22.7 Å². The fraction of sp³-hybridized carbons (Fsp3) is 0.364. The Balaban J connectivity index is 2.15. The number of hydrogen-bond acceptors (Lipinski definition) is 3. The summed E-state index contributed by atoms with van der Waals surface area (Å²) in [6.45, 7) is 1.10. The van der Waals surface area contributed by atoms with Gasteiger partial charge in [-0.2, -0.15) is 0 Å².